The second kappa shape index (κ2) is 16.8. The van der Waals surface area contributed by atoms with Crippen LogP contribution < -0.4 is 31.1 Å². The van der Waals surface area contributed by atoms with Crippen LogP contribution in [0.3, 0.4) is 0 Å². The normalized spacial score (nSPS) is 22.7. The smallest absolute Gasteiger partial charge is 0.252 e. The zero-order valence-corrected chi connectivity index (χ0v) is 52.9. The Kier molecular flexibility index (Phi) is 10.7. The van der Waals surface area contributed by atoms with Crippen LogP contribution >= 0.6 is 0 Å². The number of aryl methyl sites for hydroxylation is 2. The van der Waals surface area contributed by atoms with Crippen molar-refractivity contribution in [2.75, 3.05) is 14.7 Å². The second-order valence-electron chi connectivity index (χ2n) is 31.3. The van der Waals surface area contributed by atoms with E-state index in [1.807, 2.05) is 0 Å². The van der Waals surface area contributed by atoms with Crippen LogP contribution in [0.1, 0.15) is 209 Å². The third-order valence-electron chi connectivity index (χ3n) is 23.4. The molecule has 0 saturated heterocycles. The summed E-state index contributed by atoms with van der Waals surface area (Å²) in [4.78, 5) is 8.30. The molecule has 0 aromatic heterocycles. The van der Waals surface area contributed by atoms with Gasteiger partial charge in [0.1, 0.15) is 0 Å². The van der Waals surface area contributed by atoms with E-state index in [2.05, 4.69) is 272 Å². The molecule has 4 heteroatoms. The molecule has 7 aliphatic rings. The molecule has 420 valence electrons. The van der Waals surface area contributed by atoms with Gasteiger partial charge in [-0.2, -0.15) is 0 Å². The van der Waals surface area contributed by atoms with Crippen LogP contribution in [0.4, 0.5) is 45.5 Å². The van der Waals surface area contributed by atoms with Gasteiger partial charge in [-0.3, -0.25) is 0 Å². The van der Waals surface area contributed by atoms with Crippen LogP contribution in [0.15, 0.2) is 140 Å². The van der Waals surface area contributed by atoms with Gasteiger partial charge in [-0.05, 0) is 212 Å². The summed E-state index contributed by atoms with van der Waals surface area (Å²) in [5, 5.41) is 0. The van der Waals surface area contributed by atoms with Crippen LogP contribution in [0.25, 0.3) is 11.1 Å². The molecule has 3 heterocycles. The van der Waals surface area contributed by atoms with Gasteiger partial charge in [0.05, 0.1) is 5.54 Å². The van der Waals surface area contributed by atoms with Gasteiger partial charge in [0.15, 0.2) is 0 Å². The molecule has 83 heavy (non-hydrogen) atoms. The number of fused-ring (bicyclic) bond motifs is 13. The molecule has 0 bridgehead atoms. The fourth-order valence-corrected chi connectivity index (χ4v) is 18.1. The summed E-state index contributed by atoms with van der Waals surface area (Å²) in [6, 6.07) is 57.0. The summed E-state index contributed by atoms with van der Waals surface area (Å²) in [6.45, 7) is 41.7. The number of hydrogen-bond acceptors (Lipinski definition) is 3. The molecular formula is C79H86BN3. The highest BCUT2D eigenvalue weighted by Crippen LogP contribution is 2.63. The van der Waals surface area contributed by atoms with Crippen molar-refractivity contribution in [1.82, 2.24) is 0 Å². The van der Waals surface area contributed by atoms with Crippen molar-refractivity contribution < 1.29 is 0 Å². The quantitative estimate of drug-likeness (QED) is 0.163. The molecule has 8 aromatic carbocycles. The Morgan fingerprint density at radius 3 is 1.65 bits per heavy atom. The van der Waals surface area contributed by atoms with Gasteiger partial charge in [0, 0.05) is 67.2 Å². The minimum atomic E-state index is -0.229. The maximum Gasteiger partial charge on any atom is 0.252 e. The van der Waals surface area contributed by atoms with Gasteiger partial charge in [0.25, 0.3) is 6.71 Å². The van der Waals surface area contributed by atoms with Crippen molar-refractivity contribution in [3.8, 4) is 11.1 Å². The van der Waals surface area contributed by atoms with Crippen LogP contribution in [0.5, 0.6) is 0 Å². The molecule has 0 N–H and O–H groups in total. The van der Waals surface area contributed by atoms with Gasteiger partial charge in [0.2, 0.25) is 0 Å². The Bertz CT molecular complexity index is 4160. The average molecular weight is 1090 g/mol. The Morgan fingerprint density at radius 2 is 0.964 bits per heavy atom. The molecule has 1 fully saturated rings. The molecule has 3 nitrogen and oxygen atoms in total. The van der Waals surface area contributed by atoms with Crippen molar-refractivity contribution >= 4 is 68.6 Å². The molecule has 0 amide bonds. The molecule has 0 radical (unpaired) electrons. The topological polar surface area (TPSA) is 9.72 Å². The molecular weight excluding hydrogens is 1000 g/mol. The van der Waals surface area contributed by atoms with E-state index < -0.39 is 0 Å². The molecule has 2 unspecified atom stereocenters. The third kappa shape index (κ3) is 6.93. The average Bonchev–Trinajstić information content (AvgIpc) is 1.65. The molecule has 4 aliphatic carbocycles. The standard InChI is InChI=1S/C79H86BN3/c1-47-38-69-71-70(39-47)82(66-45-59-58(40-48(66)2)73(6,7)36-37-74(59,8)9)67-43-51(83-65-33-28-49(72(3,4)5)41-62(65)78(16)34-22-23-35-79(78,83)17)30-32-63(67)80(71)64-44-60-61(77(14,15)57-27-21-20-26-56(57)76(60,12)13)46-68(64)81(69)50-29-31-55-53(42-50)52-24-18-19-25-54(52)75(55,10)11/h18-21,24-33,38-46H,22-23,34-37H2,1-17H3. The molecule has 0 spiro atoms. The van der Waals surface area contributed by atoms with Gasteiger partial charge in [-0.1, -0.05) is 195 Å². The van der Waals surface area contributed by atoms with E-state index in [1.165, 1.54) is 165 Å². The lowest BCUT2D eigenvalue weighted by Crippen LogP contribution is -2.62. The van der Waals surface area contributed by atoms with Crippen molar-refractivity contribution in [2.24, 2.45) is 0 Å². The van der Waals surface area contributed by atoms with E-state index in [0.717, 1.165) is 12.8 Å². The first-order valence-electron chi connectivity index (χ1n) is 31.6. The van der Waals surface area contributed by atoms with Crippen LogP contribution in [0, 0.1) is 13.8 Å². The lowest BCUT2D eigenvalue weighted by atomic mass is 9.33. The fourth-order valence-electron chi connectivity index (χ4n) is 18.1. The molecule has 3 aliphatic heterocycles. The summed E-state index contributed by atoms with van der Waals surface area (Å²) in [5.74, 6) is 0. The van der Waals surface area contributed by atoms with E-state index in [4.69, 9.17) is 0 Å². The Hall–Kier alpha value is -6.78. The maximum absolute atomic E-state index is 2.83. The van der Waals surface area contributed by atoms with E-state index in [0.29, 0.717) is 0 Å². The lowest BCUT2D eigenvalue weighted by Gasteiger charge is -2.51. The number of benzene rings is 8. The second-order valence-corrected chi connectivity index (χ2v) is 31.3. The number of anilines is 8. The first-order valence-corrected chi connectivity index (χ1v) is 31.6. The number of nitrogens with zero attached hydrogens (tertiary/aromatic N) is 3. The van der Waals surface area contributed by atoms with E-state index >= 15 is 0 Å². The molecule has 15 rings (SSSR count). The van der Waals surface area contributed by atoms with Gasteiger partial charge in [-0.25, -0.2) is 0 Å². The number of hydrogen-bond donors (Lipinski definition) is 0. The van der Waals surface area contributed by atoms with Crippen molar-refractivity contribution in [2.45, 2.75) is 200 Å². The van der Waals surface area contributed by atoms with Crippen molar-refractivity contribution in [1.29, 1.82) is 0 Å². The van der Waals surface area contributed by atoms with Gasteiger partial charge < -0.3 is 14.7 Å². The van der Waals surface area contributed by atoms with Gasteiger partial charge >= 0.3 is 0 Å². The molecule has 8 aromatic rings. The lowest BCUT2D eigenvalue weighted by molar-refractivity contribution is 0.195. The summed E-state index contributed by atoms with van der Waals surface area (Å²) in [6.07, 6.45) is 7.20. The summed E-state index contributed by atoms with van der Waals surface area (Å²) < 4.78 is 0. The van der Waals surface area contributed by atoms with Crippen LogP contribution in [-0.2, 0) is 37.9 Å². The minimum Gasteiger partial charge on any atom is -0.334 e. The summed E-state index contributed by atoms with van der Waals surface area (Å²) in [5.41, 5.74) is 33.8. The van der Waals surface area contributed by atoms with Crippen molar-refractivity contribution in [3.63, 3.8) is 0 Å². The fraction of sp³-hybridized carbons (Fsp3) is 0.392. The monoisotopic (exact) mass is 1090 g/mol. The maximum atomic E-state index is 2.83. The first-order chi connectivity index (χ1) is 39.1. The van der Waals surface area contributed by atoms with E-state index in [-0.39, 0.29) is 50.2 Å². The Labute approximate surface area is 497 Å². The van der Waals surface area contributed by atoms with Crippen LogP contribution in [-0.4, -0.2) is 12.3 Å². The highest BCUT2D eigenvalue weighted by atomic mass is 15.3. The number of rotatable bonds is 3. The summed E-state index contributed by atoms with van der Waals surface area (Å²) >= 11 is 0. The predicted molar refractivity (Wildman–Crippen MR) is 355 cm³/mol. The molecule has 1 saturated carbocycles. The first kappa shape index (κ1) is 53.0. The zero-order valence-electron chi connectivity index (χ0n) is 52.9. The predicted octanol–water partition coefficient (Wildman–Crippen LogP) is 19.0. The highest BCUT2D eigenvalue weighted by molar-refractivity contribution is 7.00. The Morgan fingerprint density at radius 1 is 0.398 bits per heavy atom. The Balaban J connectivity index is 1.04. The SMILES string of the molecule is Cc1cc2c3c(c1)N(c1cc4c(cc1C)C(C)(C)CCC4(C)C)c1cc(N4c5ccc(C(C)(C)C)cc5C5(C)CCCCC45C)ccc1B3c1cc3c(cc1N2c1ccc2c(c1)-c1ccccc1C2(C)C)C(C)(C)c1ccccc1C3(C)C. The summed E-state index contributed by atoms with van der Waals surface area (Å²) in [7, 11) is 0. The zero-order chi connectivity index (χ0) is 58.2. The highest BCUT2D eigenvalue weighted by Gasteiger charge is 2.58. The molecule has 2 atom stereocenters. The van der Waals surface area contributed by atoms with Crippen molar-refractivity contribution in [3.05, 3.63) is 206 Å². The van der Waals surface area contributed by atoms with Gasteiger partial charge in [-0.15, -0.1) is 0 Å². The minimum absolute atomic E-state index is 0.00294. The van der Waals surface area contributed by atoms with E-state index in [9.17, 15) is 0 Å². The third-order valence-corrected chi connectivity index (χ3v) is 23.4. The largest absolute Gasteiger partial charge is 0.334 e. The van der Waals surface area contributed by atoms with E-state index in [1.54, 1.807) is 0 Å². The van der Waals surface area contributed by atoms with Crippen LogP contribution in [0.2, 0.25) is 0 Å².